The fourth-order valence-electron chi connectivity index (χ4n) is 2.97. The molecule has 0 radical (unpaired) electrons. The Morgan fingerprint density at radius 2 is 1.86 bits per heavy atom. The van der Waals surface area contributed by atoms with Crippen LogP contribution in [0.3, 0.4) is 0 Å². The summed E-state index contributed by atoms with van der Waals surface area (Å²) < 4.78 is 13.2. The number of para-hydroxylation sites is 1. The van der Waals surface area contributed by atoms with Crippen LogP contribution in [-0.4, -0.2) is 40.8 Å². The minimum absolute atomic E-state index is 0.0829. The molecule has 29 heavy (non-hydrogen) atoms. The van der Waals surface area contributed by atoms with Gasteiger partial charge in [-0.05, 0) is 43.7 Å². The summed E-state index contributed by atoms with van der Waals surface area (Å²) in [5.74, 6) is 1.18. The van der Waals surface area contributed by atoms with E-state index in [1.165, 1.54) is 0 Å². The second-order valence-corrected chi connectivity index (χ2v) is 6.73. The Labute approximate surface area is 171 Å². The van der Waals surface area contributed by atoms with Crippen LogP contribution in [-0.2, 0) is 6.54 Å². The lowest BCUT2D eigenvalue weighted by Gasteiger charge is -2.18. The van der Waals surface area contributed by atoms with Gasteiger partial charge < -0.3 is 14.4 Å². The van der Waals surface area contributed by atoms with Crippen molar-refractivity contribution in [3.8, 4) is 17.2 Å². The Balaban J connectivity index is 1.71. The predicted octanol–water partition coefficient (Wildman–Crippen LogP) is 4.33. The number of benzene rings is 2. The summed E-state index contributed by atoms with van der Waals surface area (Å²) in [4.78, 5) is 14.6. The van der Waals surface area contributed by atoms with Crippen molar-refractivity contribution in [3.63, 3.8) is 0 Å². The van der Waals surface area contributed by atoms with E-state index in [-0.39, 0.29) is 5.91 Å². The molecule has 6 heteroatoms. The van der Waals surface area contributed by atoms with Gasteiger partial charge in [0.25, 0.3) is 5.91 Å². The summed E-state index contributed by atoms with van der Waals surface area (Å²) in [6.07, 6.45) is 4.63. The third-order valence-electron chi connectivity index (χ3n) is 4.38. The van der Waals surface area contributed by atoms with Gasteiger partial charge in [0.1, 0.15) is 0 Å². The number of amides is 1. The van der Waals surface area contributed by atoms with Crippen molar-refractivity contribution in [3.05, 3.63) is 72.1 Å². The van der Waals surface area contributed by atoms with Gasteiger partial charge in [-0.1, -0.05) is 25.1 Å². The number of hydrogen-bond donors (Lipinski definition) is 0. The smallest absolute Gasteiger partial charge is 0.254 e. The van der Waals surface area contributed by atoms with E-state index in [0.717, 1.165) is 17.7 Å². The van der Waals surface area contributed by atoms with Crippen LogP contribution in [0.2, 0.25) is 0 Å². The monoisotopic (exact) mass is 393 g/mol. The molecule has 3 aromatic rings. The fourth-order valence-corrected chi connectivity index (χ4v) is 2.97. The van der Waals surface area contributed by atoms with Gasteiger partial charge in [-0.3, -0.25) is 4.79 Å². The topological polar surface area (TPSA) is 56.6 Å². The van der Waals surface area contributed by atoms with Gasteiger partial charge in [-0.25, -0.2) is 4.68 Å². The van der Waals surface area contributed by atoms with Gasteiger partial charge in [0, 0.05) is 30.9 Å². The molecule has 0 bridgehead atoms. The second kappa shape index (κ2) is 9.78. The number of ether oxygens (including phenoxy) is 2. The number of carbonyl (C=O) groups is 1. The summed E-state index contributed by atoms with van der Waals surface area (Å²) in [7, 11) is 1.78. The van der Waals surface area contributed by atoms with Crippen LogP contribution in [0.5, 0.6) is 11.5 Å². The maximum absolute atomic E-state index is 12.9. The first-order valence-electron chi connectivity index (χ1n) is 9.86. The van der Waals surface area contributed by atoms with Crippen LogP contribution in [0.25, 0.3) is 5.69 Å². The molecule has 0 spiro atoms. The van der Waals surface area contributed by atoms with Gasteiger partial charge in [-0.2, -0.15) is 5.10 Å². The molecule has 152 valence electrons. The van der Waals surface area contributed by atoms with Crippen LogP contribution in [0.4, 0.5) is 0 Å². The SMILES string of the molecule is CCCOc1ccc(C(=O)N(C)Cc2cnn(-c3ccccc3)c2)cc1OCC. The van der Waals surface area contributed by atoms with E-state index >= 15 is 0 Å². The average Bonchev–Trinajstić information content (AvgIpc) is 3.21. The van der Waals surface area contributed by atoms with E-state index in [9.17, 15) is 4.79 Å². The molecule has 0 fully saturated rings. The number of hydrogen-bond acceptors (Lipinski definition) is 4. The first kappa shape index (κ1) is 20.5. The lowest BCUT2D eigenvalue weighted by molar-refractivity contribution is 0.0784. The van der Waals surface area contributed by atoms with Crippen molar-refractivity contribution in [1.82, 2.24) is 14.7 Å². The maximum atomic E-state index is 12.9. The molecule has 3 rings (SSSR count). The van der Waals surface area contributed by atoms with Crippen LogP contribution in [0, 0.1) is 0 Å². The van der Waals surface area contributed by atoms with E-state index in [0.29, 0.717) is 36.8 Å². The molecule has 0 N–H and O–H groups in total. The van der Waals surface area contributed by atoms with Gasteiger partial charge in [0.2, 0.25) is 0 Å². The van der Waals surface area contributed by atoms with E-state index in [1.54, 1.807) is 41.0 Å². The minimum atomic E-state index is -0.0829. The molecule has 1 amide bonds. The molecular formula is C23H27N3O3. The zero-order chi connectivity index (χ0) is 20.6. The molecule has 1 aromatic heterocycles. The van der Waals surface area contributed by atoms with E-state index in [1.807, 2.05) is 50.4 Å². The normalized spacial score (nSPS) is 10.6. The highest BCUT2D eigenvalue weighted by Crippen LogP contribution is 2.29. The molecule has 0 saturated carbocycles. The molecule has 0 aliphatic heterocycles. The highest BCUT2D eigenvalue weighted by Gasteiger charge is 2.16. The lowest BCUT2D eigenvalue weighted by atomic mass is 10.1. The first-order chi connectivity index (χ1) is 14.1. The van der Waals surface area contributed by atoms with Crippen molar-refractivity contribution in [2.45, 2.75) is 26.8 Å². The fraction of sp³-hybridized carbons (Fsp3) is 0.304. The summed E-state index contributed by atoms with van der Waals surface area (Å²) in [6, 6.07) is 15.2. The molecule has 6 nitrogen and oxygen atoms in total. The van der Waals surface area contributed by atoms with Gasteiger partial charge in [0.05, 0.1) is 25.1 Å². The summed E-state index contributed by atoms with van der Waals surface area (Å²) in [5.41, 5.74) is 2.50. The number of aromatic nitrogens is 2. The maximum Gasteiger partial charge on any atom is 0.254 e. The molecule has 1 heterocycles. The van der Waals surface area contributed by atoms with Gasteiger partial charge >= 0.3 is 0 Å². The third kappa shape index (κ3) is 5.16. The van der Waals surface area contributed by atoms with Crippen LogP contribution in [0.1, 0.15) is 36.2 Å². The molecule has 0 atom stereocenters. The Morgan fingerprint density at radius 1 is 1.07 bits per heavy atom. The van der Waals surface area contributed by atoms with Gasteiger partial charge in [0.15, 0.2) is 11.5 Å². The molecule has 2 aromatic carbocycles. The molecule has 0 saturated heterocycles. The van der Waals surface area contributed by atoms with Crippen molar-refractivity contribution >= 4 is 5.91 Å². The Morgan fingerprint density at radius 3 is 2.59 bits per heavy atom. The third-order valence-corrected chi connectivity index (χ3v) is 4.38. The first-order valence-corrected chi connectivity index (χ1v) is 9.86. The Bertz CT molecular complexity index is 938. The summed E-state index contributed by atoms with van der Waals surface area (Å²) >= 11 is 0. The lowest BCUT2D eigenvalue weighted by Crippen LogP contribution is -2.26. The molecule has 0 aliphatic rings. The highest BCUT2D eigenvalue weighted by atomic mass is 16.5. The van der Waals surface area contributed by atoms with E-state index in [2.05, 4.69) is 5.10 Å². The van der Waals surface area contributed by atoms with Crippen molar-refractivity contribution in [2.24, 2.45) is 0 Å². The molecule has 0 aliphatic carbocycles. The molecular weight excluding hydrogens is 366 g/mol. The molecule has 0 unspecified atom stereocenters. The number of rotatable bonds is 9. The zero-order valence-electron chi connectivity index (χ0n) is 17.2. The van der Waals surface area contributed by atoms with Crippen LogP contribution in [0.15, 0.2) is 60.9 Å². The highest BCUT2D eigenvalue weighted by molar-refractivity contribution is 5.94. The Hall–Kier alpha value is -3.28. The number of carbonyl (C=O) groups excluding carboxylic acids is 1. The van der Waals surface area contributed by atoms with Crippen molar-refractivity contribution in [1.29, 1.82) is 0 Å². The van der Waals surface area contributed by atoms with E-state index in [4.69, 9.17) is 9.47 Å². The predicted molar refractivity (Wildman–Crippen MR) is 113 cm³/mol. The zero-order valence-corrected chi connectivity index (χ0v) is 17.2. The van der Waals surface area contributed by atoms with Gasteiger partial charge in [-0.15, -0.1) is 0 Å². The second-order valence-electron chi connectivity index (χ2n) is 6.73. The quantitative estimate of drug-likeness (QED) is 0.543. The standard InChI is InChI=1S/C23H27N3O3/c1-4-13-29-21-12-11-19(14-22(21)28-5-2)23(27)25(3)16-18-15-24-26(17-18)20-9-7-6-8-10-20/h6-12,14-15,17H,4-5,13,16H2,1-3H3. The van der Waals surface area contributed by atoms with Crippen LogP contribution < -0.4 is 9.47 Å². The summed E-state index contributed by atoms with van der Waals surface area (Å²) in [6.45, 7) is 5.54. The average molecular weight is 393 g/mol. The summed E-state index contributed by atoms with van der Waals surface area (Å²) in [5, 5.41) is 4.39. The van der Waals surface area contributed by atoms with Crippen LogP contribution >= 0.6 is 0 Å². The van der Waals surface area contributed by atoms with Crippen molar-refractivity contribution < 1.29 is 14.3 Å². The minimum Gasteiger partial charge on any atom is -0.490 e. The van der Waals surface area contributed by atoms with Crippen molar-refractivity contribution in [2.75, 3.05) is 20.3 Å². The number of nitrogens with zero attached hydrogens (tertiary/aromatic N) is 3. The Kier molecular flexibility index (Phi) is 6.89. The largest absolute Gasteiger partial charge is 0.490 e. The van der Waals surface area contributed by atoms with E-state index < -0.39 is 0 Å².